The molecule has 1 aliphatic heterocycles. The number of halogens is 1. The van der Waals surface area contributed by atoms with Crippen LogP contribution in [-0.4, -0.2) is 44.9 Å². The molecule has 0 bridgehead atoms. The van der Waals surface area contributed by atoms with E-state index in [0.717, 1.165) is 24.3 Å². The molecule has 1 fully saturated rings. The molecule has 5 heteroatoms. The molecule has 0 aliphatic carbocycles. The maximum Gasteiger partial charge on any atom is 0.111 e. The summed E-state index contributed by atoms with van der Waals surface area (Å²) in [6.45, 7) is 5.81. The quantitative estimate of drug-likeness (QED) is 0.795. The van der Waals surface area contributed by atoms with Gasteiger partial charge in [0.1, 0.15) is 11.3 Å². The Morgan fingerprint density at radius 3 is 2.90 bits per heavy atom. The first kappa shape index (κ1) is 13.8. The van der Waals surface area contributed by atoms with Crippen molar-refractivity contribution < 1.29 is 0 Å². The summed E-state index contributed by atoms with van der Waals surface area (Å²) in [6.07, 6.45) is 7.14. The Kier molecular flexibility index (Phi) is 4.22. The molecule has 0 N–H and O–H groups in total. The molecule has 1 saturated heterocycles. The topological polar surface area (TPSA) is 34.0 Å². The van der Waals surface area contributed by atoms with Gasteiger partial charge in [-0.25, -0.2) is 4.98 Å². The lowest BCUT2D eigenvalue weighted by atomic mass is 10.2. The summed E-state index contributed by atoms with van der Waals surface area (Å²) in [4.78, 5) is 11.4. The summed E-state index contributed by atoms with van der Waals surface area (Å²) in [5.74, 6) is 1.68. The zero-order valence-electron chi connectivity index (χ0n) is 11.9. The molecule has 1 atom stereocenters. The summed E-state index contributed by atoms with van der Waals surface area (Å²) in [5.41, 5.74) is 2.15. The van der Waals surface area contributed by atoms with E-state index in [9.17, 15) is 0 Å². The molecule has 1 aliphatic rings. The largest absolute Gasteiger partial charge is 0.324 e. The molecule has 1 unspecified atom stereocenters. The summed E-state index contributed by atoms with van der Waals surface area (Å²) in [5, 5.41) is 0. The summed E-state index contributed by atoms with van der Waals surface area (Å²) < 4.78 is 2.34. The van der Waals surface area contributed by atoms with E-state index in [1.54, 1.807) is 0 Å². The van der Waals surface area contributed by atoms with Crippen LogP contribution in [0.25, 0.3) is 11.0 Å². The van der Waals surface area contributed by atoms with Crippen LogP contribution in [0.4, 0.5) is 0 Å². The Morgan fingerprint density at radius 2 is 2.15 bits per heavy atom. The first-order valence-corrected chi connectivity index (χ1v) is 7.92. The number of aromatic nitrogens is 3. The average molecular weight is 293 g/mol. The van der Waals surface area contributed by atoms with Crippen LogP contribution in [0, 0.1) is 0 Å². The third kappa shape index (κ3) is 2.67. The Balaban J connectivity index is 1.92. The number of pyridine rings is 1. The van der Waals surface area contributed by atoms with Gasteiger partial charge in [0.2, 0.25) is 0 Å². The number of rotatable bonds is 5. The highest BCUT2D eigenvalue weighted by atomic mass is 35.5. The maximum atomic E-state index is 5.93. The van der Waals surface area contributed by atoms with E-state index < -0.39 is 0 Å². The van der Waals surface area contributed by atoms with Crippen LogP contribution in [0.3, 0.4) is 0 Å². The lowest BCUT2D eigenvalue weighted by Gasteiger charge is -2.23. The highest BCUT2D eigenvalue weighted by Crippen LogP contribution is 2.23. The number of fused-ring (bicyclic) bond motifs is 1. The fourth-order valence-corrected chi connectivity index (χ4v) is 3.34. The molecule has 108 valence electrons. The first-order chi connectivity index (χ1) is 9.79. The second-order valence-corrected chi connectivity index (χ2v) is 5.94. The monoisotopic (exact) mass is 292 g/mol. The standard InChI is InChI=1S/C15H21ClN4/c1-12(11-19-8-2-3-9-19)20-14-5-7-17-10-13(14)18-15(20)4-6-16/h5,7,10,12H,2-4,6,8-9,11H2,1H3. The van der Waals surface area contributed by atoms with Crippen molar-refractivity contribution in [3.8, 4) is 0 Å². The molecule has 0 saturated carbocycles. The van der Waals surface area contributed by atoms with Gasteiger partial charge in [-0.2, -0.15) is 0 Å². The number of aryl methyl sites for hydroxylation is 1. The van der Waals surface area contributed by atoms with E-state index in [2.05, 4.69) is 27.4 Å². The van der Waals surface area contributed by atoms with Crippen LogP contribution in [0.2, 0.25) is 0 Å². The van der Waals surface area contributed by atoms with Crippen molar-refractivity contribution in [1.82, 2.24) is 19.4 Å². The van der Waals surface area contributed by atoms with Crippen LogP contribution in [0.5, 0.6) is 0 Å². The lowest BCUT2D eigenvalue weighted by molar-refractivity contribution is 0.288. The van der Waals surface area contributed by atoms with Crippen molar-refractivity contribution in [3.63, 3.8) is 0 Å². The molecular formula is C15H21ClN4. The van der Waals surface area contributed by atoms with E-state index >= 15 is 0 Å². The summed E-state index contributed by atoms with van der Waals surface area (Å²) in [7, 11) is 0. The predicted molar refractivity (Wildman–Crippen MR) is 82.3 cm³/mol. The minimum Gasteiger partial charge on any atom is -0.324 e. The molecule has 20 heavy (non-hydrogen) atoms. The van der Waals surface area contributed by atoms with Crippen LogP contribution in [0.1, 0.15) is 31.6 Å². The molecule has 3 heterocycles. The summed E-state index contributed by atoms with van der Waals surface area (Å²) >= 11 is 5.93. The van der Waals surface area contributed by atoms with Gasteiger partial charge in [-0.05, 0) is 38.9 Å². The molecule has 2 aromatic heterocycles. The molecule has 4 nitrogen and oxygen atoms in total. The predicted octanol–water partition coefficient (Wildman–Crippen LogP) is 2.87. The van der Waals surface area contributed by atoms with Gasteiger partial charge in [0, 0.05) is 31.1 Å². The summed E-state index contributed by atoms with van der Waals surface area (Å²) in [6, 6.07) is 2.47. The third-order valence-electron chi connectivity index (χ3n) is 4.04. The Labute approximate surface area is 124 Å². The van der Waals surface area contributed by atoms with Gasteiger partial charge < -0.3 is 9.47 Å². The van der Waals surface area contributed by atoms with Crippen molar-refractivity contribution in [3.05, 3.63) is 24.3 Å². The lowest BCUT2D eigenvalue weighted by Crippen LogP contribution is -2.28. The molecule has 3 rings (SSSR count). The van der Waals surface area contributed by atoms with E-state index in [1.165, 1.54) is 31.4 Å². The van der Waals surface area contributed by atoms with Gasteiger partial charge in [0.15, 0.2) is 0 Å². The highest BCUT2D eigenvalue weighted by Gasteiger charge is 2.19. The fourth-order valence-electron chi connectivity index (χ4n) is 3.17. The van der Waals surface area contributed by atoms with Crippen molar-refractivity contribution >= 4 is 22.6 Å². The maximum absolute atomic E-state index is 5.93. The number of imidazole rings is 1. The van der Waals surface area contributed by atoms with Crippen molar-refractivity contribution in [2.24, 2.45) is 0 Å². The smallest absolute Gasteiger partial charge is 0.111 e. The number of likely N-dealkylation sites (tertiary alicyclic amines) is 1. The zero-order valence-corrected chi connectivity index (χ0v) is 12.7. The Bertz CT molecular complexity index is 574. The van der Waals surface area contributed by atoms with Gasteiger partial charge in [-0.15, -0.1) is 11.6 Å². The van der Waals surface area contributed by atoms with Crippen LogP contribution in [-0.2, 0) is 6.42 Å². The van der Waals surface area contributed by atoms with Crippen molar-refractivity contribution in [2.45, 2.75) is 32.2 Å². The Hall–Kier alpha value is -1.13. The van der Waals surface area contributed by atoms with Gasteiger partial charge in [0.25, 0.3) is 0 Å². The van der Waals surface area contributed by atoms with Gasteiger partial charge in [0.05, 0.1) is 11.7 Å². The van der Waals surface area contributed by atoms with Crippen LogP contribution < -0.4 is 0 Å². The normalized spacial score (nSPS) is 17.9. The molecular weight excluding hydrogens is 272 g/mol. The molecule has 0 aromatic carbocycles. The minimum atomic E-state index is 0.415. The highest BCUT2D eigenvalue weighted by molar-refractivity contribution is 6.17. The Morgan fingerprint density at radius 1 is 1.35 bits per heavy atom. The van der Waals surface area contributed by atoms with E-state index in [1.807, 2.05) is 12.4 Å². The van der Waals surface area contributed by atoms with Gasteiger partial charge in [-0.3, -0.25) is 4.98 Å². The minimum absolute atomic E-state index is 0.415. The number of alkyl halides is 1. The van der Waals surface area contributed by atoms with Crippen LogP contribution >= 0.6 is 11.6 Å². The number of hydrogen-bond donors (Lipinski definition) is 0. The van der Waals surface area contributed by atoms with Gasteiger partial charge in [-0.1, -0.05) is 0 Å². The van der Waals surface area contributed by atoms with Crippen molar-refractivity contribution in [1.29, 1.82) is 0 Å². The molecule has 0 spiro atoms. The number of hydrogen-bond acceptors (Lipinski definition) is 3. The van der Waals surface area contributed by atoms with E-state index in [-0.39, 0.29) is 0 Å². The number of nitrogens with zero attached hydrogens (tertiary/aromatic N) is 4. The van der Waals surface area contributed by atoms with E-state index in [0.29, 0.717) is 11.9 Å². The van der Waals surface area contributed by atoms with Gasteiger partial charge >= 0.3 is 0 Å². The fraction of sp³-hybridized carbons (Fsp3) is 0.600. The molecule has 2 aromatic rings. The molecule has 0 amide bonds. The van der Waals surface area contributed by atoms with Crippen LogP contribution in [0.15, 0.2) is 18.5 Å². The van der Waals surface area contributed by atoms with Crippen molar-refractivity contribution in [2.75, 3.05) is 25.5 Å². The zero-order chi connectivity index (χ0) is 13.9. The SMILES string of the molecule is CC(CN1CCCC1)n1c(CCCl)nc2cnccc21. The first-order valence-electron chi connectivity index (χ1n) is 7.38. The average Bonchev–Trinajstić information content (AvgIpc) is 3.05. The third-order valence-corrected chi connectivity index (χ3v) is 4.23. The second-order valence-electron chi connectivity index (χ2n) is 5.56. The van der Waals surface area contributed by atoms with E-state index in [4.69, 9.17) is 16.6 Å². The second kappa shape index (κ2) is 6.10. The molecule has 0 radical (unpaired) electrons.